The second-order valence-corrected chi connectivity index (χ2v) is 4.80. The molecule has 0 aliphatic carbocycles. The molecule has 3 nitrogen and oxygen atoms in total. The third kappa shape index (κ3) is 3.74. The lowest BCUT2D eigenvalue weighted by molar-refractivity contribution is 0.00242. The summed E-state index contributed by atoms with van der Waals surface area (Å²) in [6.07, 6.45) is 2.32. The van der Waals surface area contributed by atoms with Crippen LogP contribution in [0, 0.1) is 0 Å². The van der Waals surface area contributed by atoms with E-state index >= 15 is 0 Å². The Balaban J connectivity index is 2.60. The molecule has 1 aromatic rings. The highest BCUT2D eigenvalue weighted by atomic mass is 35.5. The van der Waals surface area contributed by atoms with Gasteiger partial charge in [-0.25, -0.2) is 0 Å². The van der Waals surface area contributed by atoms with Gasteiger partial charge in [0.2, 0.25) is 0 Å². The van der Waals surface area contributed by atoms with Crippen LogP contribution in [-0.4, -0.2) is 22.8 Å². The molecule has 0 spiro atoms. The average molecular weight is 244 g/mol. The van der Waals surface area contributed by atoms with E-state index in [-0.39, 0.29) is 5.60 Å². The minimum absolute atomic E-state index is 0.234. The zero-order valence-electron chi connectivity index (χ0n) is 9.90. The molecule has 0 amide bonds. The van der Waals surface area contributed by atoms with Crippen LogP contribution in [0.3, 0.4) is 0 Å². The van der Waals surface area contributed by atoms with Gasteiger partial charge in [0.05, 0.1) is 22.4 Å². The summed E-state index contributed by atoms with van der Waals surface area (Å²) < 4.78 is 5.29. The van der Waals surface area contributed by atoms with Crippen LogP contribution in [0.25, 0.3) is 0 Å². The highest BCUT2D eigenvalue weighted by Gasteiger charge is 2.20. The molecule has 16 heavy (non-hydrogen) atoms. The number of rotatable bonds is 5. The van der Waals surface area contributed by atoms with Crippen molar-refractivity contribution in [3.8, 4) is 0 Å². The van der Waals surface area contributed by atoms with Crippen LogP contribution in [0.4, 0.5) is 0 Å². The Labute approximate surface area is 101 Å². The van der Waals surface area contributed by atoms with Gasteiger partial charge >= 0.3 is 0 Å². The van der Waals surface area contributed by atoms with Crippen LogP contribution in [0.5, 0.6) is 0 Å². The molecule has 0 aromatic carbocycles. The number of hydrogen-bond donors (Lipinski definition) is 1. The number of pyridine rings is 1. The number of hydrogen-bond acceptors (Lipinski definition) is 3. The molecule has 0 saturated heterocycles. The number of methoxy groups -OCH3 is 1. The number of aliphatic hydroxyl groups excluding tert-OH is 1. The van der Waals surface area contributed by atoms with Crippen molar-refractivity contribution in [2.24, 2.45) is 0 Å². The molecule has 90 valence electrons. The number of halogens is 1. The minimum Gasteiger partial charge on any atom is -0.387 e. The predicted octanol–water partition coefficient (Wildman–Crippen LogP) is 2.97. The quantitative estimate of drug-likeness (QED) is 0.865. The van der Waals surface area contributed by atoms with E-state index in [1.165, 1.54) is 0 Å². The lowest BCUT2D eigenvalue weighted by Crippen LogP contribution is -2.23. The fourth-order valence-electron chi connectivity index (χ4n) is 1.37. The normalized spacial score (nSPS) is 13.8. The molecule has 0 aliphatic heterocycles. The number of aliphatic hydroxyl groups is 1. The molecule has 0 fully saturated rings. The first-order valence-corrected chi connectivity index (χ1v) is 5.68. The number of ether oxygens (including phenoxy) is 1. The van der Waals surface area contributed by atoms with Crippen molar-refractivity contribution >= 4 is 11.6 Å². The summed E-state index contributed by atoms with van der Waals surface area (Å²) in [4.78, 5) is 4.08. The van der Waals surface area contributed by atoms with E-state index in [0.29, 0.717) is 17.1 Å². The van der Waals surface area contributed by atoms with Crippen LogP contribution in [-0.2, 0) is 4.74 Å². The van der Waals surface area contributed by atoms with Gasteiger partial charge in [0, 0.05) is 13.3 Å². The molecule has 0 saturated carbocycles. The molecule has 0 aliphatic rings. The highest BCUT2D eigenvalue weighted by Crippen LogP contribution is 2.27. The van der Waals surface area contributed by atoms with Crippen LogP contribution >= 0.6 is 11.6 Å². The molecule has 1 atom stereocenters. The molecular weight excluding hydrogens is 226 g/mol. The van der Waals surface area contributed by atoms with E-state index in [2.05, 4.69) is 4.98 Å². The molecule has 1 unspecified atom stereocenters. The molecule has 0 radical (unpaired) electrons. The number of nitrogens with zero attached hydrogens (tertiary/aromatic N) is 1. The van der Waals surface area contributed by atoms with Crippen molar-refractivity contribution in [2.45, 2.75) is 38.4 Å². The van der Waals surface area contributed by atoms with E-state index in [9.17, 15) is 5.11 Å². The van der Waals surface area contributed by atoms with Crippen molar-refractivity contribution in [1.82, 2.24) is 4.98 Å². The maximum atomic E-state index is 9.96. The summed E-state index contributed by atoms with van der Waals surface area (Å²) in [6, 6.07) is 3.48. The zero-order valence-corrected chi connectivity index (χ0v) is 10.7. The molecule has 1 rings (SSSR count). The molecule has 1 heterocycles. The summed E-state index contributed by atoms with van der Waals surface area (Å²) in [6.45, 7) is 3.97. The minimum atomic E-state index is -0.636. The van der Waals surface area contributed by atoms with Crippen molar-refractivity contribution < 1.29 is 9.84 Å². The van der Waals surface area contributed by atoms with Gasteiger partial charge in [0.15, 0.2) is 0 Å². The Kier molecular flexibility index (Phi) is 4.71. The van der Waals surface area contributed by atoms with E-state index < -0.39 is 6.10 Å². The van der Waals surface area contributed by atoms with Gasteiger partial charge in [-0.2, -0.15) is 0 Å². The lowest BCUT2D eigenvalue weighted by Gasteiger charge is -2.24. The maximum Gasteiger partial charge on any atom is 0.0976 e. The van der Waals surface area contributed by atoms with Gasteiger partial charge in [0.25, 0.3) is 0 Å². The van der Waals surface area contributed by atoms with Crippen molar-refractivity contribution in [2.75, 3.05) is 7.11 Å². The monoisotopic (exact) mass is 243 g/mol. The van der Waals surface area contributed by atoms with Crippen molar-refractivity contribution in [3.63, 3.8) is 0 Å². The van der Waals surface area contributed by atoms with Crippen molar-refractivity contribution in [1.29, 1.82) is 0 Å². The van der Waals surface area contributed by atoms with Gasteiger partial charge in [-0.1, -0.05) is 11.6 Å². The Morgan fingerprint density at radius 3 is 2.81 bits per heavy atom. The predicted molar refractivity (Wildman–Crippen MR) is 64.5 cm³/mol. The first-order chi connectivity index (χ1) is 7.46. The van der Waals surface area contributed by atoms with Gasteiger partial charge in [-0.15, -0.1) is 0 Å². The fraction of sp³-hybridized carbons (Fsp3) is 0.583. The van der Waals surface area contributed by atoms with Gasteiger partial charge < -0.3 is 9.84 Å². The molecule has 1 aromatic heterocycles. The fourth-order valence-corrected chi connectivity index (χ4v) is 1.61. The third-order valence-corrected chi connectivity index (χ3v) is 2.99. The molecule has 4 heteroatoms. The molecule has 0 bridgehead atoms. The topological polar surface area (TPSA) is 42.4 Å². The van der Waals surface area contributed by atoms with E-state index in [4.69, 9.17) is 16.3 Å². The van der Waals surface area contributed by atoms with Gasteiger partial charge in [-0.05, 0) is 38.8 Å². The number of aromatic nitrogens is 1. The summed E-state index contributed by atoms with van der Waals surface area (Å²) in [5.41, 5.74) is 0.304. The Bertz CT molecular complexity index is 342. The maximum absolute atomic E-state index is 9.96. The summed E-state index contributed by atoms with van der Waals surface area (Å²) in [5, 5.41) is 10.5. The van der Waals surface area contributed by atoms with Crippen LogP contribution in [0.2, 0.25) is 5.02 Å². The Morgan fingerprint density at radius 2 is 2.25 bits per heavy atom. The van der Waals surface area contributed by atoms with E-state index in [1.54, 1.807) is 25.4 Å². The van der Waals surface area contributed by atoms with Crippen LogP contribution in [0.15, 0.2) is 18.3 Å². The van der Waals surface area contributed by atoms with E-state index in [0.717, 1.165) is 6.42 Å². The Morgan fingerprint density at radius 1 is 1.56 bits per heavy atom. The van der Waals surface area contributed by atoms with E-state index in [1.807, 2.05) is 13.8 Å². The lowest BCUT2D eigenvalue weighted by atomic mass is 9.98. The average Bonchev–Trinajstić information content (AvgIpc) is 2.27. The standard InChI is InChI=1S/C12H18ClNO2/c1-12(2,16-3)7-6-10(15)11-9(13)5-4-8-14-11/h4-5,8,10,15H,6-7H2,1-3H3. The molecular formula is C12H18ClNO2. The largest absolute Gasteiger partial charge is 0.387 e. The van der Waals surface area contributed by atoms with Crippen LogP contribution in [0.1, 0.15) is 38.5 Å². The second-order valence-electron chi connectivity index (χ2n) is 4.39. The summed E-state index contributed by atoms with van der Waals surface area (Å²) >= 11 is 5.95. The molecule has 1 N–H and O–H groups in total. The Hall–Kier alpha value is -0.640. The van der Waals surface area contributed by atoms with Crippen LogP contribution < -0.4 is 0 Å². The highest BCUT2D eigenvalue weighted by molar-refractivity contribution is 6.31. The SMILES string of the molecule is COC(C)(C)CCC(O)c1ncccc1Cl. The summed E-state index contributed by atoms with van der Waals surface area (Å²) in [5.74, 6) is 0. The van der Waals surface area contributed by atoms with Gasteiger partial charge in [0.1, 0.15) is 0 Å². The first-order valence-electron chi connectivity index (χ1n) is 5.30. The third-order valence-electron chi connectivity index (χ3n) is 2.67. The van der Waals surface area contributed by atoms with Crippen molar-refractivity contribution in [3.05, 3.63) is 29.0 Å². The van der Waals surface area contributed by atoms with Gasteiger partial charge in [-0.3, -0.25) is 4.98 Å². The zero-order chi connectivity index (χ0) is 12.2. The smallest absolute Gasteiger partial charge is 0.0976 e. The first kappa shape index (κ1) is 13.4. The summed E-state index contributed by atoms with van der Waals surface area (Å²) in [7, 11) is 1.67. The second kappa shape index (κ2) is 5.62.